The Bertz CT molecular complexity index is 1180. The summed E-state index contributed by atoms with van der Waals surface area (Å²) in [5.41, 5.74) is 2.84. The fourth-order valence-corrected chi connectivity index (χ4v) is 6.28. The van der Waals surface area contributed by atoms with E-state index >= 15 is 0 Å². The van der Waals surface area contributed by atoms with Crippen LogP contribution >= 0.6 is 23.6 Å². The Morgan fingerprint density at radius 3 is 2.66 bits per heavy atom. The second kappa shape index (κ2) is 9.20. The number of hydrogen-bond donors (Lipinski definition) is 4. The first-order valence-electron chi connectivity index (χ1n) is 12.8. The van der Waals surface area contributed by atoms with Crippen LogP contribution in [0.15, 0.2) is 6.07 Å². The molecule has 4 aliphatic carbocycles. The van der Waals surface area contributed by atoms with Gasteiger partial charge in [-0.3, -0.25) is 14.3 Å². The molecule has 2 amide bonds. The largest absolute Gasteiger partial charge is 0.359 e. The van der Waals surface area contributed by atoms with E-state index in [4.69, 9.17) is 12.2 Å². The van der Waals surface area contributed by atoms with Crippen molar-refractivity contribution in [1.29, 1.82) is 0 Å². The van der Waals surface area contributed by atoms with E-state index in [9.17, 15) is 9.59 Å². The van der Waals surface area contributed by atoms with Crippen LogP contribution in [0.5, 0.6) is 0 Å². The van der Waals surface area contributed by atoms with Crippen LogP contribution in [0.4, 0.5) is 10.8 Å². The first-order chi connectivity index (χ1) is 16.9. The fraction of sp³-hybridized carbons (Fsp3) is 0.600. The molecule has 0 saturated heterocycles. The van der Waals surface area contributed by atoms with E-state index in [0.29, 0.717) is 40.5 Å². The Morgan fingerprint density at radius 1 is 1.14 bits per heavy atom. The Kier molecular flexibility index (Phi) is 6.04. The van der Waals surface area contributed by atoms with Crippen LogP contribution in [0.25, 0.3) is 0 Å². The third-order valence-corrected chi connectivity index (χ3v) is 8.82. The van der Waals surface area contributed by atoms with Gasteiger partial charge in [0.2, 0.25) is 5.91 Å². The summed E-state index contributed by atoms with van der Waals surface area (Å²) in [7, 11) is 1.93. The van der Waals surface area contributed by atoms with E-state index in [2.05, 4.69) is 32.4 Å². The summed E-state index contributed by atoms with van der Waals surface area (Å²) in [6.45, 7) is 0.711. The number of thiophene rings is 1. The minimum atomic E-state index is -0.0654. The molecule has 8 nitrogen and oxygen atoms in total. The van der Waals surface area contributed by atoms with Crippen molar-refractivity contribution < 1.29 is 9.59 Å². The Morgan fingerprint density at radius 2 is 1.94 bits per heavy atom. The summed E-state index contributed by atoms with van der Waals surface area (Å²) in [6, 6.07) is 2.20. The lowest BCUT2D eigenvalue weighted by molar-refractivity contribution is -0.117. The highest BCUT2D eigenvalue weighted by Crippen LogP contribution is 2.41. The van der Waals surface area contributed by atoms with Crippen LogP contribution in [0.2, 0.25) is 0 Å². The van der Waals surface area contributed by atoms with Crippen molar-refractivity contribution in [2.75, 3.05) is 17.2 Å². The van der Waals surface area contributed by atoms with Gasteiger partial charge in [0.15, 0.2) is 5.11 Å². The van der Waals surface area contributed by atoms with Gasteiger partial charge in [-0.25, -0.2) is 0 Å². The van der Waals surface area contributed by atoms with Gasteiger partial charge in [0.05, 0.1) is 11.3 Å². The van der Waals surface area contributed by atoms with Crippen molar-refractivity contribution in [3.05, 3.63) is 27.8 Å². The molecule has 0 aliphatic heterocycles. The van der Waals surface area contributed by atoms with Crippen LogP contribution in [-0.2, 0) is 24.7 Å². The first kappa shape index (κ1) is 23.0. The Labute approximate surface area is 214 Å². The molecule has 1 atom stereocenters. The summed E-state index contributed by atoms with van der Waals surface area (Å²) in [4.78, 5) is 27.0. The highest BCUT2D eigenvalue weighted by atomic mass is 32.1. The normalized spacial score (nSPS) is 21.2. The third kappa shape index (κ3) is 5.23. The van der Waals surface area contributed by atoms with Gasteiger partial charge >= 0.3 is 0 Å². The van der Waals surface area contributed by atoms with Crippen molar-refractivity contribution in [1.82, 2.24) is 20.4 Å². The monoisotopic (exact) mass is 512 g/mol. The molecule has 3 fully saturated rings. The van der Waals surface area contributed by atoms with Gasteiger partial charge in [-0.15, -0.1) is 11.3 Å². The van der Waals surface area contributed by atoms with Crippen molar-refractivity contribution in [3.63, 3.8) is 0 Å². The predicted molar refractivity (Wildman–Crippen MR) is 141 cm³/mol. The number of fused-ring (bicyclic) bond motifs is 1. The second-order valence-electron chi connectivity index (χ2n) is 10.5. The van der Waals surface area contributed by atoms with E-state index in [1.54, 1.807) is 11.3 Å². The topological polar surface area (TPSA) is 100 Å². The molecule has 0 radical (unpaired) electrons. The van der Waals surface area contributed by atoms with E-state index in [1.807, 2.05) is 11.7 Å². The quantitative estimate of drug-likeness (QED) is 0.403. The molecule has 3 saturated carbocycles. The number of anilines is 2. The number of carbonyl (C=O) groups is 2. The average Bonchev–Trinajstić information content (AvgIpc) is 3.70. The maximum absolute atomic E-state index is 13.2. The summed E-state index contributed by atoms with van der Waals surface area (Å²) in [6.07, 6.45) is 9.16. The minimum absolute atomic E-state index is 0.0432. The Balaban J connectivity index is 1.15. The fourth-order valence-electron chi connectivity index (χ4n) is 4.76. The second-order valence-corrected chi connectivity index (χ2v) is 12.0. The van der Waals surface area contributed by atoms with Crippen LogP contribution in [0.3, 0.4) is 0 Å². The van der Waals surface area contributed by atoms with Gasteiger partial charge in [0, 0.05) is 42.4 Å². The van der Waals surface area contributed by atoms with Gasteiger partial charge in [0.1, 0.15) is 10.8 Å². The number of carbonyl (C=O) groups excluding carboxylic acids is 2. The molecule has 0 spiro atoms. The average molecular weight is 513 g/mol. The summed E-state index contributed by atoms with van der Waals surface area (Å²) >= 11 is 7.20. The number of nitrogens with zero attached hydrogens (tertiary/aromatic N) is 2. The first-order valence-corrected chi connectivity index (χ1v) is 14.0. The molecular weight excluding hydrogens is 480 g/mol. The minimum Gasteiger partial charge on any atom is -0.359 e. The number of rotatable bonds is 8. The lowest BCUT2D eigenvalue weighted by Gasteiger charge is -2.25. The molecule has 0 unspecified atom stereocenters. The summed E-state index contributed by atoms with van der Waals surface area (Å²) in [5.74, 6) is 2.16. The smallest absolute Gasteiger partial charge is 0.254 e. The molecule has 6 rings (SSSR count). The molecule has 2 heterocycles. The lowest BCUT2D eigenvalue weighted by Crippen LogP contribution is -2.41. The maximum atomic E-state index is 13.2. The van der Waals surface area contributed by atoms with Gasteiger partial charge in [-0.2, -0.15) is 5.10 Å². The summed E-state index contributed by atoms with van der Waals surface area (Å²) in [5, 5.41) is 18.8. The van der Waals surface area contributed by atoms with Crippen molar-refractivity contribution in [3.8, 4) is 0 Å². The third-order valence-electron chi connectivity index (χ3n) is 7.39. The van der Waals surface area contributed by atoms with Crippen LogP contribution in [0.1, 0.15) is 77.4 Å². The standard InChI is InChI=1S/C25H32N6O2S2/c1-31-20(11-18(30-31)14-4-5-14)28-25(34)27-16-8-9-19-17(10-16)21(23(33)26-12-13-2-3-13)24(35-19)29-22(32)15-6-7-15/h11,13-16H,2-10,12H2,1H3,(H,26,33)(H,29,32)(H2,27,28,34)/t16-/m0/s1. The van der Waals surface area contributed by atoms with Crippen LogP contribution < -0.4 is 21.3 Å². The molecule has 2 aromatic rings. The van der Waals surface area contributed by atoms with E-state index in [-0.39, 0.29) is 23.8 Å². The van der Waals surface area contributed by atoms with Crippen LogP contribution in [0, 0.1) is 11.8 Å². The predicted octanol–water partition coefficient (Wildman–Crippen LogP) is 3.69. The van der Waals surface area contributed by atoms with Crippen LogP contribution in [-0.4, -0.2) is 39.3 Å². The SMILES string of the molecule is Cn1nc(C2CC2)cc1NC(=S)N[C@H]1CCc2sc(NC(=O)C3CC3)c(C(=O)NCC3CC3)c2C1. The highest BCUT2D eigenvalue weighted by Gasteiger charge is 2.34. The van der Waals surface area contributed by atoms with Gasteiger partial charge in [0.25, 0.3) is 5.91 Å². The van der Waals surface area contributed by atoms with Gasteiger partial charge in [-0.05, 0) is 81.5 Å². The van der Waals surface area contributed by atoms with E-state index < -0.39 is 0 Å². The lowest BCUT2D eigenvalue weighted by atomic mass is 9.91. The molecule has 4 aliphatic rings. The zero-order valence-electron chi connectivity index (χ0n) is 20.0. The molecule has 10 heteroatoms. The molecule has 186 valence electrons. The number of nitrogens with one attached hydrogen (secondary N) is 4. The molecule has 4 N–H and O–H groups in total. The zero-order chi connectivity index (χ0) is 24.1. The molecule has 2 aromatic heterocycles. The number of hydrogen-bond acceptors (Lipinski definition) is 5. The maximum Gasteiger partial charge on any atom is 0.254 e. The van der Waals surface area contributed by atoms with Crippen molar-refractivity contribution in [2.45, 2.75) is 69.7 Å². The summed E-state index contributed by atoms with van der Waals surface area (Å²) < 4.78 is 1.84. The number of amides is 2. The molecule has 0 bridgehead atoms. The van der Waals surface area contributed by atoms with Crippen molar-refractivity contribution in [2.24, 2.45) is 18.9 Å². The molecular formula is C25H32N6O2S2. The van der Waals surface area contributed by atoms with Gasteiger partial charge in [-0.1, -0.05) is 0 Å². The van der Waals surface area contributed by atoms with E-state index in [0.717, 1.165) is 42.8 Å². The number of aromatic nitrogens is 2. The van der Waals surface area contributed by atoms with E-state index in [1.165, 1.54) is 30.6 Å². The number of aryl methyl sites for hydroxylation is 2. The number of thiocarbonyl (C=S) groups is 1. The van der Waals surface area contributed by atoms with Crippen molar-refractivity contribution >= 4 is 51.3 Å². The molecule has 35 heavy (non-hydrogen) atoms. The highest BCUT2D eigenvalue weighted by molar-refractivity contribution is 7.80. The van der Waals surface area contributed by atoms with Gasteiger partial charge < -0.3 is 21.3 Å². The molecule has 0 aromatic carbocycles. The Hall–Kier alpha value is -2.46. The zero-order valence-corrected chi connectivity index (χ0v) is 21.6.